The molecule has 0 aliphatic carbocycles. The van der Waals surface area contributed by atoms with Gasteiger partial charge in [-0.25, -0.2) is 8.42 Å². The molecule has 0 aromatic heterocycles. The number of amides is 1. The first-order valence-corrected chi connectivity index (χ1v) is 11.5. The number of sulfonamides is 1. The fourth-order valence-corrected chi connectivity index (χ4v) is 4.18. The van der Waals surface area contributed by atoms with Crippen LogP contribution in [0.3, 0.4) is 0 Å². The molecule has 0 aliphatic rings. The van der Waals surface area contributed by atoms with Gasteiger partial charge in [0, 0.05) is 18.0 Å². The van der Waals surface area contributed by atoms with E-state index in [2.05, 4.69) is 5.32 Å². The summed E-state index contributed by atoms with van der Waals surface area (Å²) in [5.74, 6) is -0.140. The SMILES string of the molecule is Cc1ccc(C(C)NC(=O)CCCN(c2cc(Cl)ccc2Cl)S(C)(=O)=O)cc1. The highest BCUT2D eigenvalue weighted by molar-refractivity contribution is 7.92. The van der Waals surface area contributed by atoms with Gasteiger partial charge < -0.3 is 5.32 Å². The minimum atomic E-state index is -3.57. The summed E-state index contributed by atoms with van der Waals surface area (Å²) in [6, 6.07) is 12.5. The van der Waals surface area contributed by atoms with Crippen LogP contribution in [0, 0.1) is 6.92 Å². The molecule has 2 aromatic rings. The third-order valence-electron chi connectivity index (χ3n) is 4.30. The normalized spacial score (nSPS) is 12.5. The van der Waals surface area contributed by atoms with E-state index in [-0.39, 0.29) is 29.9 Å². The highest BCUT2D eigenvalue weighted by Gasteiger charge is 2.20. The Bertz CT molecular complexity index is 931. The monoisotopic (exact) mass is 442 g/mol. The van der Waals surface area contributed by atoms with Crippen molar-refractivity contribution < 1.29 is 13.2 Å². The molecule has 2 rings (SSSR count). The van der Waals surface area contributed by atoms with Crippen LogP contribution in [0.5, 0.6) is 0 Å². The molecule has 0 radical (unpaired) electrons. The zero-order chi connectivity index (χ0) is 20.9. The molecule has 1 amide bonds. The van der Waals surface area contributed by atoms with Gasteiger partial charge in [0.15, 0.2) is 0 Å². The Morgan fingerprint density at radius 1 is 1.14 bits per heavy atom. The van der Waals surface area contributed by atoms with Crippen LogP contribution in [0.2, 0.25) is 10.0 Å². The third kappa shape index (κ3) is 6.40. The van der Waals surface area contributed by atoms with Crippen molar-refractivity contribution in [3.05, 3.63) is 63.6 Å². The number of benzene rings is 2. The van der Waals surface area contributed by atoms with Gasteiger partial charge in [-0.1, -0.05) is 53.0 Å². The summed E-state index contributed by atoms with van der Waals surface area (Å²) in [5, 5.41) is 3.61. The number of hydrogen-bond donors (Lipinski definition) is 1. The maximum absolute atomic E-state index is 12.3. The molecule has 28 heavy (non-hydrogen) atoms. The van der Waals surface area contributed by atoms with Crippen molar-refractivity contribution in [1.29, 1.82) is 0 Å². The lowest BCUT2D eigenvalue weighted by molar-refractivity contribution is -0.121. The van der Waals surface area contributed by atoms with Gasteiger partial charge in [0.2, 0.25) is 15.9 Å². The number of nitrogens with one attached hydrogen (secondary N) is 1. The second-order valence-corrected chi connectivity index (χ2v) is 9.48. The van der Waals surface area contributed by atoms with Crippen LogP contribution in [-0.2, 0) is 14.8 Å². The van der Waals surface area contributed by atoms with Gasteiger partial charge in [-0.05, 0) is 44.0 Å². The van der Waals surface area contributed by atoms with E-state index in [0.717, 1.165) is 17.4 Å². The zero-order valence-corrected chi connectivity index (χ0v) is 18.4. The molecule has 0 saturated carbocycles. The largest absolute Gasteiger partial charge is 0.350 e. The molecule has 1 unspecified atom stereocenters. The summed E-state index contributed by atoms with van der Waals surface area (Å²) in [6.07, 6.45) is 1.65. The highest BCUT2D eigenvalue weighted by Crippen LogP contribution is 2.30. The topological polar surface area (TPSA) is 66.5 Å². The Labute approximate surface area is 176 Å². The van der Waals surface area contributed by atoms with Crippen LogP contribution < -0.4 is 9.62 Å². The zero-order valence-electron chi connectivity index (χ0n) is 16.1. The van der Waals surface area contributed by atoms with Crippen LogP contribution in [0.15, 0.2) is 42.5 Å². The Morgan fingerprint density at radius 3 is 2.39 bits per heavy atom. The third-order valence-corrected chi connectivity index (χ3v) is 6.03. The second kappa shape index (κ2) is 9.63. The number of halogens is 2. The van der Waals surface area contributed by atoms with E-state index < -0.39 is 10.0 Å². The number of nitrogens with zero attached hydrogens (tertiary/aromatic N) is 1. The number of aryl methyl sites for hydroxylation is 1. The molecular weight excluding hydrogens is 419 g/mol. The van der Waals surface area contributed by atoms with Crippen molar-refractivity contribution in [1.82, 2.24) is 5.32 Å². The van der Waals surface area contributed by atoms with E-state index in [1.54, 1.807) is 12.1 Å². The molecule has 0 fully saturated rings. The molecule has 1 N–H and O–H groups in total. The number of carbonyl (C=O) groups is 1. The average molecular weight is 443 g/mol. The lowest BCUT2D eigenvalue weighted by atomic mass is 10.1. The van der Waals surface area contributed by atoms with Crippen molar-refractivity contribution >= 4 is 44.8 Å². The standard InChI is InChI=1S/C20H24Cl2N2O3S/c1-14-6-8-16(9-7-14)15(2)23-20(25)5-4-12-24(28(3,26)27)19-13-17(21)10-11-18(19)22/h6-11,13,15H,4-5,12H2,1-3H3,(H,23,25). The van der Waals surface area contributed by atoms with Crippen LogP contribution in [-0.4, -0.2) is 27.1 Å². The maximum Gasteiger partial charge on any atom is 0.232 e. The van der Waals surface area contributed by atoms with Crippen molar-refractivity contribution in [2.24, 2.45) is 0 Å². The Kier molecular flexibility index (Phi) is 7.75. The maximum atomic E-state index is 12.3. The highest BCUT2D eigenvalue weighted by atomic mass is 35.5. The number of carbonyl (C=O) groups excluding carboxylic acids is 1. The lowest BCUT2D eigenvalue weighted by Gasteiger charge is -2.23. The summed E-state index contributed by atoms with van der Waals surface area (Å²) in [4.78, 5) is 12.3. The summed E-state index contributed by atoms with van der Waals surface area (Å²) in [7, 11) is -3.57. The van der Waals surface area contributed by atoms with Crippen molar-refractivity contribution in [3.8, 4) is 0 Å². The summed E-state index contributed by atoms with van der Waals surface area (Å²) in [6.45, 7) is 4.05. The number of rotatable bonds is 8. The molecule has 2 aromatic carbocycles. The number of anilines is 1. The van der Waals surface area contributed by atoms with Gasteiger partial charge in [0.05, 0.1) is 23.0 Å². The van der Waals surface area contributed by atoms with E-state index >= 15 is 0 Å². The molecule has 5 nitrogen and oxygen atoms in total. The van der Waals surface area contributed by atoms with Crippen LogP contribution >= 0.6 is 23.2 Å². The fourth-order valence-electron chi connectivity index (χ4n) is 2.78. The first-order valence-electron chi connectivity index (χ1n) is 8.86. The van der Waals surface area contributed by atoms with Crippen LogP contribution in [0.4, 0.5) is 5.69 Å². The van der Waals surface area contributed by atoms with Crippen LogP contribution in [0.1, 0.15) is 36.9 Å². The van der Waals surface area contributed by atoms with Gasteiger partial charge in [0.25, 0.3) is 0 Å². The van der Waals surface area contributed by atoms with E-state index in [4.69, 9.17) is 23.2 Å². The Balaban J connectivity index is 1.97. The Morgan fingerprint density at radius 2 is 1.79 bits per heavy atom. The van der Waals surface area contributed by atoms with E-state index in [0.29, 0.717) is 17.1 Å². The summed E-state index contributed by atoms with van der Waals surface area (Å²) in [5.41, 5.74) is 2.48. The quantitative estimate of drug-likeness (QED) is 0.642. The summed E-state index contributed by atoms with van der Waals surface area (Å²) >= 11 is 12.1. The predicted molar refractivity (Wildman–Crippen MR) is 116 cm³/mol. The van der Waals surface area contributed by atoms with Gasteiger partial charge in [-0.2, -0.15) is 0 Å². The molecule has 1 atom stereocenters. The van der Waals surface area contributed by atoms with E-state index in [1.807, 2.05) is 38.1 Å². The minimum absolute atomic E-state index is 0.124. The second-order valence-electron chi connectivity index (χ2n) is 6.73. The first kappa shape index (κ1) is 22.5. The molecule has 0 saturated heterocycles. The predicted octanol–water partition coefficient (Wildman–Crippen LogP) is 4.73. The van der Waals surface area contributed by atoms with Crippen LogP contribution in [0.25, 0.3) is 0 Å². The average Bonchev–Trinajstić information content (AvgIpc) is 2.60. The smallest absolute Gasteiger partial charge is 0.232 e. The van der Waals surface area contributed by atoms with Gasteiger partial charge >= 0.3 is 0 Å². The van der Waals surface area contributed by atoms with Crippen molar-refractivity contribution in [3.63, 3.8) is 0 Å². The molecule has 152 valence electrons. The van der Waals surface area contributed by atoms with Crippen molar-refractivity contribution in [2.45, 2.75) is 32.7 Å². The van der Waals surface area contributed by atoms with Gasteiger partial charge in [-0.15, -0.1) is 0 Å². The lowest BCUT2D eigenvalue weighted by Crippen LogP contribution is -2.32. The van der Waals surface area contributed by atoms with Gasteiger partial charge in [0.1, 0.15) is 0 Å². The molecule has 8 heteroatoms. The van der Waals surface area contributed by atoms with Crippen molar-refractivity contribution in [2.75, 3.05) is 17.1 Å². The number of hydrogen-bond acceptors (Lipinski definition) is 3. The van der Waals surface area contributed by atoms with E-state index in [1.165, 1.54) is 10.4 Å². The summed E-state index contributed by atoms with van der Waals surface area (Å²) < 4.78 is 25.5. The molecule has 0 spiro atoms. The van der Waals surface area contributed by atoms with Gasteiger partial charge in [-0.3, -0.25) is 9.10 Å². The molecular formula is C20H24Cl2N2O3S. The first-order chi connectivity index (χ1) is 13.1. The molecule has 0 heterocycles. The van der Waals surface area contributed by atoms with E-state index in [9.17, 15) is 13.2 Å². The molecule has 0 bridgehead atoms. The Hall–Kier alpha value is -1.76. The molecule has 0 aliphatic heterocycles. The fraction of sp³-hybridized carbons (Fsp3) is 0.350. The minimum Gasteiger partial charge on any atom is -0.350 e.